The molecule has 7 rings (SSSR count). The summed E-state index contributed by atoms with van der Waals surface area (Å²) in [6.45, 7) is 4.27. The highest BCUT2D eigenvalue weighted by molar-refractivity contribution is 7.19. The molecule has 0 aliphatic rings. The fraction of sp³-hybridized carbons (Fsp3) is 0.0769. The van der Waals surface area contributed by atoms with E-state index >= 15 is 0 Å². The molecule has 0 spiro atoms. The van der Waals surface area contributed by atoms with Crippen molar-refractivity contribution in [1.29, 1.82) is 0 Å². The Labute approximate surface area is 221 Å². The summed E-state index contributed by atoms with van der Waals surface area (Å²) in [7, 11) is 0. The molecule has 0 radical (unpaired) electrons. The molecule has 2 aromatic carbocycles. The molecule has 7 aromatic rings. The summed E-state index contributed by atoms with van der Waals surface area (Å²) >= 11 is 7.91. The first-order chi connectivity index (χ1) is 17.2. The highest BCUT2D eigenvalue weighted by Crippen LogP contribution is 2.43. The number of nitrogens with zero attached hydrogens (tertiary/aromatic N) is 4. The quantitative estimate of drug-likeness (QED) is 0.222. The van der Waals surface area contributed by atoms with E-state index in [1.807, 2.05) is 0 Å². The van der Waals surface area contributed by atoms with Crippen molar-refractivity contribution in [2.45, 2.75) is 13.8 Å². The van der Waals surface area contributed by atoms with Gasteiger partial charge in [0.05, 0.1) is 23.5 Å². The summed E-state index contributed by atoms with van der Waals surface area (Å²) in [6, 6.07) is 21.8. The first-order valence-corrected chi connectivity index (χ1v) is 14.8. The van der Waals surface area contributed by atoms with Gasteiger partial charge in [-0.2, -0.15) is 17.5 Å². The van der Waals surface area contributed by atoms with Crippen molar-refractivity contribution in [1.82, 2.24) is 17.5 Å². The zero-order valence-electron chi connectivity index (χ0n) is 18.6. The minimum atomic E-state index is 0.968. The molecule has 4 nitrogen and oxygen atoms in total. The van der Waals surface area contributed by atoms with Crippen molar-refractivity contribution in [3.8, 4) is 41.8 Å². The van der Waals surface area contributed by atoms with Crippen LogP contribution in [0.15, 0.2) is 60.7 Å². The predicted octanol–water partition coefficient (Wildman–Crippen LogP) is 9.17. The lowest BCUT2D eigenvalue weighted by molar-refractivity contribution is 1.62. The number of hydrogen-bond donors (Lipinski definition) is 0. The molecule has 170 valence electrons. The van der Waals surface area contributed by atoms with Gasteiger partial charge in [0.15, 0.2) is 0 Å². The van der Waals surface area contributed by atoms with Gasteiger partial charge in [0.2, 0.25) is 0 Å². The molecule has 5 heterocycles. The maximum absolute atomic E-state index is 4.68. The standard InChI is InChI=1S/C26H16N4S5/c1-13-3-9-19(31-13)15-5-7-17(25-23(15)27-34-29-25)21-11-12-22(33-21)18-8-6-16(20-10-4-14(2)32-20)24-26(18)30-35-28-24/h3-12H,1-2H3. The zero-order valence-corrected chi connectivity index (χ0v) is 22.7. The van der Waals surface area contributed by atoms with Gasteiger partial charge in [-0.05, 0) is 50.2 Å². The van der Waals surface area contributed by atoms with Crippen LogP contribution < -0.4 is 0 Å². The first kappa shape index (κ1) is 21.5. The van der Waals surface area contributed by atoms with Crippen molar-refractivity contribution >= 4 is 79.5 Å². The average molecular weight is 545 g/mol. The Kier molecular flexibility index (Phi) is 5.14. The lowest BCUT2D eigenvalue weighted by Crippen LogP contribution is -1.82. The molecular weight excluding hydrogens is 529 g/mol. The summed E-state index contributed by atoms with van der Waals surface area (Å²) in [4.78, 5) is 7.43. The van der Waals surface area contributed by atoms with Crippen LogP contribution in [0.3, 0.4) is 0 Å². The Morgan fingerprint density at radius 3 is 1.03 bits per heavy atom. The van der Waals surface area contributed by atoms with Gasteiger partial charge in [0.25, 0.3) is 0 Å². The van der Waals surface area contributed by atoms with Crippen molar-refractivity contribution < 1.29 is 0 Å². The first-order valence-electron chi connectivity index (χ1n) is 10.9. The van der Waals surface area contributed by atoms with Gasteiger partial charge < -0.3 is 0 Å². The molecule has 0 N–H and O–H groups in total. The highest BCUT2D eigenvalue weighted by atomic mass is 32.1. The second-order valence-corrected chi connectivity index (χ2v) is 12.9. The fourth-order valence-electron chi connectivity index (χ4n) is 4.31. The van der Waals surface area contributed by atoms with E-state index in [9.17, 15) is 0 Å². The topological polar surface area (TPSA) is 51.6 Å². The largest absolute Gasteiger partial charge is 0.172 e. The van der Waals surface area contributed by atoms with Crippen LogP contribution in [0, 0.1) is 13.8 Å². The SMILES string of the molecule is Cc1ccc(-c2ccc(-c3ccc(-c4ccc(-c5ccc(C)s5)c5nsnc45)s3)c3nsnc23)s1. The minimum absolute atomic E-state index is 0.968. The third-order valence-corrected chi connectivity index (χ3v) is 10.3. The molecule has 0 aliphatic heterocycles. The van der Waals surface area contributed by atoms with E-state index in [1.54, 1.807) is 34.0 Å². The minimum Gasteiger partial charge on any atom is -0.172 e. The van der Waals surface area contributed by atoms with E-state index in [2.05, 4.69) is 92.0 Å². The number of hydrogen-bond acceptors (Lipinski definition) is 9. The van der Waals surface area contributed by atoms with Crippen LogP contribution in [-0.4, -0.2) is 17.5 Å². The third kappa shape index (κ3) is 3.57. The fourth-order valence-corrected chi connectivity index (χ4v) is 8.31. The Balaban J connectivity index is 1.32. The number of rotatable bonds is 4. The summed E-state index contributed by atoms with van der Waals surface area (Å²) in [5.74, 6) is 0. The molecule has 9 heteroatoms. The Morgan fingerprint density at radius 2 is 0.714 bits per heavy atom. The van der Waals surface area contributed by atoms with E-state index < -0.39 is 0 Å². The van der Waals surface area contributed by atoms with Crippen molar-refractivity contribution in [2.24, 2.45) is 0 Å². The van der Waals surface area contributed by atoms with Gasteiger partial charge in [-0.25, -0.2) is 0 Å². The van der Waals surface area contributed by atoms with Crippen molar-refractivity contribution in [3.05, 3.63) is 70.4 Å². The van der Waals surface area contributed by atoms with Gasteiger partial charge in [0, 0.05) is 51.5 Å². The smallest absolute Gasteiger partial charge is 0.114 e. The van der Waals surface area contributed by atoms with E-state index in [0.717, 1.165) is 44.3 Å². The lowest BCUT2D eigenvalue weighted by Gasteiger charge is -2.04. The molecule has 35 heavy (non-hydrogen) atoms. The monoisotopic (exact) mass is 544 g/mol. The van der Waals surface area contributed by atoms with Crippen LogP contribution >= 0.6 is 57.5 Å². The normalized spacial score (nSPS) is 11.7. The number of benzene rings is 2. The Morgan fingerprint density at radius 1 is 0.400 bits per heavy atom. The van der Waals surface area contributed by atoms with Crippen LogP contribution in [0.2, 0.25) is 0 Å². The number of aromatic nitrogens is 4. The van der Waals surface area contributed by atoms with E-state index in [0.29, 0.717) is 0 Å². The van der Waals surface area contributed by atoms with Crippen LogP contribution in [-0.2, 0) is 0 Å². The molecule has 0 saturated carbocycles. The summed E-state index contributed by atoms with van der Waals surface area (Å²) in [6.07, 6.45) is 0. The van der Waals surface area contributed by atoms with Gasteiger partial charge in [-0.1, -0.05) is 24.3 Å². The van der Waals surface area contributed by atoms with E-state index in [-0.39, 0.29) is 0 Å². The van der Waals surface area contributed by atoms with Crippen LogP contribution in [0.4, 0.5) is 0 Å². The zero-order chi connectivity index (χ0) is 23.5. The summed E-state index contributed by atoms with van der Waals surface area (Å²) in [5.41, 5.74) is 8.45. The number of thiophene rings is 3. The van der Waals surface area contributed by atoms with Crippen molar-refractivity contribution in [3.63, 3.8) is 0 Å². The van der Waals surface area contributed by atoms with Crippen LogP contribution in [0.1, 0.15) is 9.75 Å². The molecule has 0 unspecified atom stereocenters. The third-order valence-electron chi connectivity index (χ3n) is 5.98. The van der Waals surface area contributed by atoms with Crippen LogP contribution in [0.25, 0.3) is 63.8 Å². The molecule has 0 saturated heterocycles. The summed E-state index contributed by atoms with van der Waals surface area (Å²) in [5, 5.41) is 0. The maximum atomic E-state index is 4.68. The molecule has 0 bridgehead atoms. The maximum Gasteiger partial charge on any atom is 0.114 e. The van der Waals surface area contributed by atoms with E-state index in [1.165, 1.54) is 52.7 Å². The molecule has 0 amide bonds. The predicted molar refractivity (Wildman–Crippen MR) is 153 cm³/mol. The van der Waals surface area contributed by atoms with Gasteiger partial charge in [-0.15, -0.1) is 34.0 Å². The highest BCUT2D eigenvalue weighted by Gasteiger charge is 2.18. The van der Waals surface area contributed by atoms with Gasteiger partial charge in [-0.3, -0.25) is 0 Å². The lowest BCUT2D eigenvalue weighted by atomic mass is 10.1. The molecule has 0 atom stereocenters. The van der Waals surface area contributed by atoms with Gasteiger partial charge in [0.1, 0.15) is 22.1 Å². The molecule has 0 aliphatic carbocycles. The van der Waals surface area contributed by atoms with Gasteiger partial charge >= 0.3 is 0 Å². The molecule has 5 aromatic heterocycles. The van der Waals surface area contributed by atoms with Crippen LogP contribution in [0.5, 0.6) is 0 Å². The Hall–Kier alpha value is -2.82. The summed E-state index contributed by atoms with van der Waals surface area (Å²) < 4.78 is 18.7. The number of aryl methyl sites for hydroxylation is 2. The van der Waals surface area contributed by atoms with E-state index in [4.69, 9.17) is 0 Å². The average Bonchev–Trinajstić information content (AvgIpc) is 3.68. The molecule has 0 fully saturated rings. The second-order valence-electron chi connectivity index (χ2n) is 8.23. The van der Waals surface area contributed by atoms with Crippen molar-refractivity contribution in [2.75, 3.05) is 0 Å². The second kappa shape index (κ2) is 8.39. The molecular formula is C26H16N4S5. The number of fused-ring (bicyclic) bond motifs is 2. The Bertz CT molecular complexity index is 1720.